The van der Waals surface area contributed by atoms with Gasteiger partial charge >= 0.3 is 5.97 Å². The first-order valence-electron chi connectivity index (χ1n) is 7.17. The highest BCUT2D eigenvalue weighted by molar-refractivity contribution is 5.98. The molecule has 0 aliphatic carbocycles. The minimum atomic E-state index is -1.03. The third-order valence-corrected chi connectivity index (χ3v) is 3.80. The molecule has 0 spiro atoms. The van der Waals surface area contributed by atoms with Crippen molar-refractivity contribution >= 4 is 22.9 Å². The zero-order valence-corrected chi connectivity index (χ0v) is 13.2. The van der Waals surface area contributed by atoms with Crippen LogP contribution in [-0.2, 0) is 11.8 Å². The molecule has 0 radical (unpaired) electrons. The normalized spacial score (nSPS) is 12.4. The lowest BCUT2D eigenvalue weighted by Crippen LogP contribution is -2.41. The Kier molecular flexibility index (Phi) is 4.44. The van der Waals surface area contributed by atoms with E-state index in [0.29, 0.717) is 17.6 Å². The van der Waals surface area contributed by atoms with Gasteiger partial charge in [-0.1, -0.05) is 6.92 Å². The molecule has 0 bridgehead atoms. The van der Waals surface area contributed by atoms with Gasteiger partial charge in [0.1, 0.15) is 6.54 Å². The monoisotopic (exact) mass is 304 g/mol. The second kappa shape index (κ2) is 6.13. The minimum Gasteiger partial charge on any atom is -0.480 e. The number of hydrogen-bond donors (Lipinski definition) is 1. The first-order valence-corrected chi connectivity index (χ1v) is 7.17. The summed E-state index contributed by atoms with van der Waals surface area (Å²) in [4.78, 5) is 29.3. The number of aryl methyl sites for hydroxylation is 2. The van der Waals surface area contributed by atoms with Gasteiger partial charge in [-0.25, -0.2) is 4.98 Å². The van der Waals surface area contributed by atoms with E-state index < -0.39 is 5.97 Å². The number of carboxylic acids is 1. The van der Waals surface area contributed by atoms with Crippen LogP contribution in [0.4, 0.5) is 0 Å². The molecule has 1 unspecified atom stereocenters. The SMILES string of the molecule is CCC(C)N(CC(=O)O)C(=O)c1cnc2c(c1)c(C)nn2C. The fourth-order valence-electron chi connectivity index (χ4n) is 2.38. The minimum absolute atomic E-state index is 0.158. The van der Waals surface area contributed by atoms with Gasteiger partial charge < -0.3 is 10.0 Å². The summed E-state index contributed by atoms with van der Waals surface area (Å²) in [5.74, 6) is -1.35. The molecule has 22 heavy (non-hydrogen) atoms. The summed E-state index contributed by atoms with van der Waals surface area (Å²) in [7, 11) is 1.79. The van der Waals surface area contributed by atoms with Crippen molar-refractivity contribution < 1.29 is 14.7 Å². The molecular formula is C15H20N4O3. The van der Waals surface area contributed by atoms with Crippen molar-refractivity contribution in [2.75, 3.05) is 6.54 Å². The van der Waals surface area contributed by atoms with Crippen molar-refractivity contribution in [1.29, 1.82) is 0 Å². The summed E-state index contributed by atoms with van der Waals surface area (Å²) in [6.45, 7) is 5.28. The van der Waals surface area contributed by atoms with Gasteiger partial charge in [0.2, 0.25) is 0 Å². The van der Waals surface area contributed by atoms with E-state index in [1.54, 1.807) is 17.8 Å². The van der Waals surface area contributed by atoms with Crippen molar-refractivity contribution in [2.45, 2.75) is 33.2 Å². The van der Waals surface area contributed by atoms with Crippen LogP contribution < -0.4 is 0 Å². The number of rotatable bonds is 5. The summed E-state index contributed by atoms with van der Waals surface area (Å²) >= 11 is 0. The summed E-state index contributed by atoms with van der Waals surface area (Å²) in [5.41, 5.74) is 1.86. The van der Waals surface area contributed by atoms with Crippen molar-refractivity contribution in [2.24, 2.45) is 7.05 Å². The van der Waals surface area contributed by atoms with Gasteiger partial charge in [0.05, 0.1) is 11.3 Å². The summed E-state index contributed by atoms with van der Waals surface area (Å²) in [5, 5.41) is 14.1. The number of aromatic nitrogens is 3. The van der Waals surface area contributed by atoms with E-state index >= 15 is 0 Å². The Balaban J connectivity index is 2.41. The molecule has 1 atom stereocenters. The van der Waals surface area contributed by atoms with Crippen molar-refractivity contribution in [3.63, 3.8) is 0 Å². The van der Waals surface area contributed by atoms with Crippen LogP contribution >= 0.6 is 0 Å². The third kappa shape index (κ3) is 2.93. The number of carbonyl (C=O) groups excluding carboxylic acids is 1. The highest BCUT2D eigenvalue weighted by Crippen LogP contribution is 2.18. The van der Waals surface area contributed by atoms with Crippen LogP contribution in [0.25, 0.3) is 11.0 Å². The lowest BCUT2D eigenvalue weighted by molar-refractivity contribution is -0.138. The zero-order chi connectivity index (χ0) is 16.4. The molecule has 2 aromatic rings. The van der Waals surface area contributed by atoms with Crippen LogP contribution in [-0.4, -0.2) is 49.2 Å². The fourth-order valence-corrected chi connectivity index (χ4v) is 2.38. The molecule has 2 heterocycles. The standard InChI is InChI=1S/C15H20N4O3/c1-5-9(2)19(8-13(20)21)15(22)11-6-12-10(3)17-18(4)14(12)16-7-11/h6-7,9H,5,8H2,1-4H3,(H,20,21). The molecule has 0 saturated heterocycles. The van der Waals surface area contributed by atoms with Crippen LogP contribution in [0.5, 0.6) is 0 Å². The van der Waals surface area contributed by atoms with Crippen LogP contribution in [0.2, 0.25) is 0 Å². The number of fused-ring (bicyclic) bond motifs is 1. The molecule has 118 valence electrons. The number of pyridine rings is 1. The number of hydrogen-bond acceptors (Lipinski definition) is 4. The molecule has 7 nitrogen and oxygen atoms in total. The fraction of sp³-hybridized carbons (Fsp3) is 0.467. The van der Waals surface area contributed by atoms with Crippen LogP contribution in [0.3, 0.4) is 0 Å². The van der Waals surface area contributed by atoms with Gasteiger partial charge in [0.15, 0.2) is 5.65 Å². The summed E-state index contributed by atoms with van der Waals surface area (Å²) in [6.07, 6.45) is 2.16. The third-order valence-electron chi connectivity index (χ3n) is 3.80. The Hall–Kier alpha value is -2.44. The Bertz CT molecular complexity index is 723. The molecule has 7 heteroatoms. The first-order chi connectivity index (χ1) is 10.3. The van der Waals surface area contributed by atoms with E-state index in [0.717, 1.165) is 11.1 Å². The molecule has 2 rings (SSSR count). The average Bonchev–Trinajstić information content (AvgIpc) is 2.77. The molecule has 0 fully saturated rings. The van der Waals surface area contributed by atoms with Crippen LogP contribution in [0, 0.1) is 6.92 Å². The molecule has 1 amide bonds. The molecule has 0 aliphatic rings. The average molecular weight is 304 g/mol. The van der Waals surface area contributed by atoms with E-state index in [1.165, 1.54) is 11.1 Å². The number of carbonyl (C=O) groups is 2. The van der Waals surface area contributed by atoms with Crippen LogP contribution in [0.1, 0.15) is 36.3 Å². The Labute approximate surface area is 128 Å². The molecule has 0 saturated carbocycles. The predicted molar refractivity (Wildman–Crippen MR) is 81.7 cm³/mol. The van der Waals surface area contributed by atoms with Crippen molar-refractivity contribution in [1.82, 2.24) is 19.7 Å². The first kappa shape index (κ1) is 15.9. The Morgan fingerprint density at radius 3 is 2.73 bits per heavy atom. The zero-order valence-electron chi connectivity index (χ0n) is 13.2. The van der Waals surface area contributed by atoms with Crippen molar-refractivity contribution in [3.8, 4) is 0 Å². The number of nitrogens with zero attached hydrogens (tertiary/aromatic N) is 4. The maximum absolute atomic E-state index is 12.6. The number of carboxylic acid groups (broad SMARTS) is 1. The lowest BCUT2D eigenvalue weighted by Gasteiger charge is -2.26. The maximum atomic E-state index is 12.6. The summed E-state index contributed by atoms with van der Waals surface area (Å²) < 4.78 is 1.66. The second-order valence-corrected chi connectivity index (χ2v) is 5.39. The largest absolute Gasteiger partial charge is 0.480 e. The molecule has 1 N–H and O–H groups in total. The van der Waals surface area contributed by atoms with Crippen LogP contribution in [0.15, 0.2) is 12.3 Å². The topological polar surface area (TPSA) is 88.3 Å². The smallest absolute Gasteiger partial charge is 0.323 e. The number of aliphatic carboxylic acids is 1. The van der Waals surface area contributed by atoms with Gasteiger partial charge in [-0.15, -0.1) is 0 Å². The van der Waals surface area contributed by atoms with E-state index in [4.69, 9.17) is 5.11 Å². The molecule has 2 aromatic heterocycles. The van der Waals surface area contributed by atoms with E-state index in [-0.39, 0.29) is 18.5 Å². The lowest BCUT2D eigenvalue weighted by atomic mass is 10.1. The van der Waals surface area contributed by atoms with Crippen molar-refractivity contribution in [3.05, 3.63) is 23.5 Å². The van der Waals surface area contributed by atoms with E-state index in [9.17, 15) is 9.59 Å². The quantitative estimate of drug-likeness (QED) is 0.906. The molecule has 0 aliphatic heterocycles. The summed E-state index contributed by atoms with van der Waals surface area (Å²) in [6, 6.07) is 1.57. The van der Waals surface area contributed by atoms with Gasteiger partial charge in [0, 0.05) is 24.7 Å². The van der Waals surface area contributed by atoms with E-state index in [2.05, 4.69) is 10.1 Å². The second-order valence-electron chi connectivity index (χ2n) is 5.39. The number of amides is 1. The van der Waals surface area contributed by atoms with Gasteiger partial charge in [-0.2, -0.15) is 5.10 Å². The predicted octanol–water partition coefficient (Wildman–Crippen LogP) is 1.60. The molecule has 0 aromatic carbocycles. The Morgan fingerprint density at radius 2 is 2.14 bits per heavy atom. The highest BCUT2D eigenvalue weighted by Gasteiger charge is 2.24. The maximum Gasteiger partial charge on any atom is 0.323 e. The van der Waals surface area contributed by atoms with Gasteiger partial charge in [-0.3, -0.25) is 14.3 Å². The van der Waals surface area contributed by atoms with Gasteiger partial charge in [0.25, 0.3) is 5.91 Å². The molecular weight excluding hydrogens is 284 g/mol. The van der Waals surface area contributed by atoms with E-state index in [1.807, 2.05) is 20.8 Å². The Morgan fingerprint density at radius 1 is 1.45 bits per heavy atom. The highest BCUT2D eigenvalue weighted by atomic mass is 16.4. The van der Waals surface area contributed by atoms with Gasteiger partial charge in [-0.05, 0) is 26.3 Å².